The minimum Gasteiger partial charge on any atom is -0.319 e. The normalized spacial score (nSPS) is 21.7. The number of carbonyl (C=O) groups is 3. The molecule has 0 radical (unpaired) electrons. The van der Waals surface area contributed by atoms with Crippen molar-refractivity contribution in [3.63, 3.8) is 0 Å². The Morgan fingerprint density at radius 3 is 2.81 bits per heavy atom. The first-order valence-corrected chi connectivity index (χ1v) is 9.43. The highest BCUT2D eigenvalue weighted by Gasteiger charge is 2.54. The van der Waals surface area contributed by atoms with Gasteiger partial charge in [0, 0.05) is 23.2 Å². The zero-order valence-corrected chi connectivity index (χ0v) is 15.2. The molecular weight excluding hydrogens is 350 g/mol. The minimum absolute atomic E-state index is 0.267. The second kappa shape index (κ2) is 6.25. The molecule has 1 fully saturated rings. The highest BCUT2D eigenvalue weighted by atomic mass is 32.1. The molecule has 1 atom stereocenters. The molecule has 2 heterocycles. The number of thiophene rings is 1. The van der Waals surface area contributed by atoms with Gasteiger partial charge in [-0.05, 0) is 42.8 Å². The molecule has 26 heavy (non-hydrogen) atoms. The summed E-state index contributed by atoms with van der Waals surface area (Å²) in [6.07, 6.45) is 2.33. The molecular formula is C19H19N3O3S. The fraction of sp³-hybridized carbons (Fsp3) is 0.316. The Bertz CT molecular complexity index is 879. The van der Waals surface area contributed by atoms with E-state index < -0.39 is 11.6 Å². The van der Waals surface area contributed by atoms with Crippen LogP contribution in [0, 0.1) is 0 Å². The lowest BCUT2D eigenvalue weighted by molar-refractivity contribution is -0.135. The predicted octanol–water partition coefficient (Wildman–Crippen LogP) is 2.49. The average molecular weight is 369 g/mol. The maximum Gasteiger partial charge on any atom is 0.325 e. The van der Waals surface area contributed by atoms with E-state index in [0.717, 1.165) is 33.9 Å². The number of hydrogen-bond acceptors (Lipinski definition) is 4. The lowest BCUT2D eigenvalue weighted by Gasteiger charge is -2.31. The highest BCUT2D eigenvalue weighted by molar-refractivity contribution is 7.10. The molecule has 0 unspecified atom stereocenters. The molecule has 1 aliphatic carbocycles. The Labute approximate surface area is 155 Å². The molecule has 1 aliphatic heterocycles. The number of imide groups is 1. The van der Waals surface area contributed by atoms with Crippen LogP contribution in [-0.2, 0) is 21.5 Å². The van der Waals surface area contributed by atoms with E-state index in [1.54, 1.807) is 18.4 Å². The van der Waals surface area contributed by atoms with Gasteiger partial charge in [-0.15, -0.1) is 11.3 Å². The van der Waals surface area contributed by atoms with Gasteiger partial charge in [0.2, 0.25) is 5.91 Å². The van der Waals surface area contributed by atoms with E-state index in [0.29, 0.717) is 6.42 Å². The number of benzene rings is 1. The number of nitrogens with zero attached hydrogens (tertiary/aromatic N) is 2. The van der Waals surface area contributed by atoms with Gasteiger partial charge in [0.05, 0.1) is 0 Å². The van der Waals surface area contributed by atoms with Crippen molar-refractivity contribution in [3.8, 4) is 0 Å². The SMILES string of the molecule is CN(C(=O)CN1C(=O)N[C@]2(CCCc3sccc32)C1=O)c1ccccc1. The van der Waals surface area contributed by atoms with Crippen molar-refractivity contribution in [2.75, 3.05) is 18.5 Å². The first-order chi connectivity index (χ1) is 12.5. The second-order valence-corrected chi connectivity index (χ2v) is 7.63. The van der Waals surface area contributed by atoms with Gasteiger partial charge in [-0.3, -0.25) is 14.5 Å². The Balaban J connectivity index is 1.57. The second-order valence-electron chi connectivity index (χ2n) is 6.63. The quantitative estimate of drug-likeness (QED) is 0.845. The fourth-order valence-electron chi connectivity index (χ4n) is 3.72. The van der Waals surface area contributed by atoms with Crippen LogP contribution in [0.2, 0.25) is 0 Å². The Kier molecular flexibility index (Phi) is 4.03. The monoisotopic (exact) mass is 369 g/mol. The van der Waals surface area contributed by atoms with Gasteiger partial charge in [0.25, 0.3) is 5.91 Å². The number of aryl methyl sites for hydroxylation is 1. The summed E-state index contributed by atoms with van der Waals surface area (Å²) in [7, 11) is 1.64. The van der Waals surface area contributed by atoms with E-state index in [-0.39, 0.29) is 18.4 Å². The first kappa shape index (κ1) is 16.8. The summed E-state index contributed by atoms with van der Waals surface area (Å²) in [4.78, 5) is 41.9. The average Bonchev–Trinajstić information content (AvgIpc) is 3.22. The van der Waals surface area contributed by atoms with Crippen molar-refractivity contribution in [2.45, 2.75) is 24.8 Å². The molecule has 2 aliphatic rings. The molecule has 4 rings (SSSR count). The summed E-state index contributed by atoms with van der Waals surface area (Å²) < 4.78 is 0. The Morgan fingerprint density at radius 2 is 2.04 bits per heavy atom. The van der Waals surface area contributed by atoms with Gasteiger partial charge in [-0.1, -0.05) is 18.2 Å². The van der Waals surface area contributed by atoms with E-state index in [9.17, 15) is 14.4 Å². The van der Waals surface area contributed by atoms with Crippen LogP contribution in [0.25, 0.3) is 0 Å². The third kappa shape index (κ3) is 2.50. The van der Waals surface area contributed by atoms with Crippen LogP contribution in [-0.4, -0.2) is 36.3 Å². The van der Waals surface area contributed by atoms with Gasteiger partial charge in [-0.25, -0.2) is 4.79 Å². The number of urea groups is 1. The van der Waals surface area contributed by atoms with Crippen LogP contribution >= 0.6 is 11.3 Å². The Morgan fingerprint density at radius 1 is 1.27 bits per heavy atom. The van der Waals surface area contributed by atoms with E-state index in [2.05, 4.69) is 5.32 Å². The topological polar surface area (TPSA) is 69.7 Å². The molecule has 2 aromatic rings. The molecule has 1 aromatic carbocycles. The number of rotatable bonds is 3. The summed E-state index contributed by atoms with van der Waals surface area (Å²) in [5, 5.41) is 4.82. The number of nitrogens with one attached hydrogen (secondary N) is 1. The molecule has 6 nitrogen and oxygen atoms in total. The summed E-state index contributed by atoms with van der Waals surface area (Å²) >= 11 is 1.61. The summed E-state index contributed by atoms with van der Waals surface area (Å²) in [6, 6.07) is 10.6. The van der Waals surface area contributed by atoms with Crippen molar-refractivity contribution < 1.29 is 14.4 Å². The molecule has 4 amide bonds. The van der Waals surface area contributed by atoms with E-state index in [4.69, 9.17) is 0 Å². The molecule has 1 saturated heterocycles. The van der Waals surface area contributed by atoms with Crippen molar-refractivity contribution in [1.82, 2.24) is 10.2 Å². The maximum absolute atomic E-state index is 13.1. The maximum atomic E-state index is 13.1. The molecule has 7 heteroatoms. The van der Waals surface area contributed by atoms with E-state index in [1.807, 2.05) is 41.8 Å². The lowest BCUT2D eigenvalue weighted by Crippen LogP contribution is -2.47. The van der Waals surface area contributed by atoms with Crippen LogP contribution in [0.3, 0.4) is 0 Å². The molecule has 1 N–H and O–H groups in total. The molecule has 1 aromatic heterocycles. The Hall–Kier alpha value is -2.67. The van der Waals surface area contributed by atoms with Gasteiger partial charge in [-0.2, -0.15) is 0 Å². The molecule has 134 valence electrons. The van der Waals surface area contributed by atoms with Gasteiger partial charge < -0.3 is 10.2 Å². The number of carbonyl (C=O) groups excluding carboxylic acids is 3. The number of anilines is 1. The number of hydrogen-bond donors (Lipinski definition) is 1. The van der Waals surface area contributed by atoms with Crippen LogP contribution in [0.1, 0.15) is 23.3 Å². The van der Waals surface area contributed by atoms with Crippen molar-refractivity contribution in [2.24, 2.45) is 0 Å². The van der Waals surface area contributed by atoms with E-state index >= 15 is 0 Å². The predicted molar refractivity (Wildman–Crippen MR) is 99.0 cm³/mol. The van der Waals surface area contributed by atoms with Gasteiger partial charge >= 0.3 is 6.03 Å². The zero-order chi connectivity index (χ0) is 18.3. The highest BCUT2D eigenvalue weighted by Crippen LogP contribution is 2.42. The third-order valence-electron chi connectivity index (χ3n) is 5.15. The molecule has 0 saturated carbocycles. The van der Waals surface area contributed by atoms with Crippen LogP contribution < -0.4 is 10.2 Å². The summed E-state index contributed by atoms with van der Waals surface area (Å²) in [5.41, 5.74) is 0.603. The van der Waals surface area contributed by atoms with Gasteiger partial charge in [0.1, 0.15) is 12.1 Å². The fourth-order valence-corrected chi connectivity index (χ4v) is 4.72. The van der Waals surface area contributed by atoms with Crippen LogP contribution in [0.15, 0.2) is 41.8 Å². The lowest BCUT2D eigenvalue weighted by atomic mass is 9.80. The largest absolute Gasteiger partial charge is 0.325 e. The minimum atomic E-state index is -1.00. The summed E-state index contributed by atoms with van der Waals surface area (Å²) in [5.74, 6) is -0.630. The van der Waals surface area contributed by atoms with Crippen molar-refractivity contribution >= 4 is 34.9 Å². The third-order valence-corrected chi connectivity index (χ3v) is 6.13. The zero-order valence-electron chi connectivity index (χ0n) is 14.4. The van der Waals surface area contributed by atoms with Crippen LogP contribution in [0.4, 0.5) is 10.5 Å². The summed E-state index contributed by atoms with van der Waals surface area (Å²) in [6.45, 7) is -0.267. The number of para-hydroxylation sites is 1. The number of fused-ring (bicyclic) bond motifs is 2. The van der Waals surface area contributed by atoms with Crippen molar-refractivity contribution in [3.05, 3.63) is 52.2 Å². The van der Waals surface area contributed by atoms with Gasteiger partial charge in [0.15, 0.2) is 0 Å². The van der Waals surface area contributed by atoms with Crippen molar-refractivity contribution in [1.29, 1.82) is 0 Å². The number of amides is 4. The standard InChI is InChI=1S/C19H19N3O3S/c1-21(13-6-3-2-4-7-13)16(23)12-22-17(24)19(20-18(22)25)10-5-8-15-14(19)9-11-26-15/h2-4,6-7,9,11H,5,8,10,12H2,1H3,(H,20,25)/t19-/m0/s1. The molecule has 0 bridgehead atoms. The van der Waals surface area contributed by atoms with E-state index in [1.165, 1.54) is 4.90 Å². The van der Waals surface area contributed by atoms with Crippen LogP contribution in [0.5, 0.6) is 0 Å². The molecule has 1 spiro atoms. The smallest absolute Gasteiger partial charge is 0.319 e. The number of likely N-dealkylation sites (N-methyl/N-ethyl adjacent to an activating group) is 1. The first-order valence-electron chi connectivity index (χ1n) is 8.55.